The number of piperidine rings is 1. The number of rotatable bonds is 5. The highest BCUT2D eigenvalue weighted by atomic mass is 16.3. The van der Waals surface area contributed by atoms with Gasteiger partial charge >= 0.3 is 0 Å². The zero-order chi connectivity index (χ0) is 13.5. The van der Waals surface area contributed by atoms with E-state index in [4.69, 9.17) is 5.11 Å². The van der Waals surface area contributed by atoms with Crippen molar-refractivity contribution < 1.29 is 9.90 Å². The highest BCUT2D eigenvalue weighted by Gasteiger charge is 2.10. The summed E-state index contributed by atoms with van der Waals surface area (Å²) >= 11 is 0. The van der Waals surface area contributed by atoms with Crippen molar-refractivity contribution in [3.63, 3.8) is 0 Å². The largest absolute Gasteiger partial charge is 0.387 e. The second kappa shape index (κ2) is 7.26. The van der Waals surface area contributed by atoms with Gasteiger partial charge in [-0.2, -0.15) is 0 Å². The van der Waals surface area contributed by atoms with Crippen LogP contribution in [0.25, 0.3) is 0 Å². The van der Waals surface area contributed by atoms with Gasteiger partial charge in [0, 0.05) is 13.1 Å². The number of amides is 1. The van der Waals surface area contributed by atoms with Crippen molar-refractivity contribution in [3.05, 3.63) is 35.4 Å². The maximum atomic E-state index is 10.9. The van der Waals surface area contributed by atoms with Gasteiger partial charge in [-0.1, -0.05) is 30.7 Å². The molecule has 0 saturated carbocycles. The van der Waals surface area contributed by atoms with Crippen molar-refractivity contribution in [2.75, 3.05) is 19.7 Å². The normalized spacial score (nSPS) is 16.3. The van der Waals surface area contributed by atoms with E-state index in [2.05, 4.69) is 22.3 Å². The molecular weight excluding hydrogens is 240 g/mol. The third kappa shape index (κ3) is 4.65. The molecule has 1 aliphatic rings. The minimum Gasteiger partial charge on any atom is -0.387 e. The van der Waals surface area contributed by atoms with Gasteiger partial charge in [0.1, 0.15) is 6.61 Å². The number of aliphatic hydroxyl groups is 1. The molecule has 4 heteroatoms. The Bertz CT molecular complexity index is 397. The molecule has 1 aliphatic heterocycles. The molecule has 0 spiro atoms. The van der Waals surface area contributed by atoms with Crippen LogP contribution in [0, 0.1) is 0 Å². The molecule has 1 amide bonds. The van der Waals surface area contributed by atoms with E-state index in [1.165, 1.54) is 37.9 Å². The van der Waals surface area contributed by atoms with Gasteiger partial charge in [-0.15, -0.1) is 0 Å². The fourth-order valence-corrected chi connectivity index (χ4v) is 2.39. The SMILES string of the molecule is O=C(CO)NCc1ccc(CN2CCCCC2)cc1. The summed E-state index contributed by atoms with van der Waals surface area (Å²) in [6.07, 6.45) is 3.98. The molecule has 19 heavy (non-hydrogen) atoms. The minimum absolute atomic E-state index is 0.336. The molecule has 1 fully saturated rings. The topological polar surface area (TPSA) is 52.6 Å². The first-order valence-electron chi connectivity index (χ1n) is 6.95. The number of nitrogens with zero attached hydrogens (tertiary/aromatic N) is 1. The first-order chi connectivity index (χ1) is 9.28. The lowest BCUT2D eigenvalue weighted by molar-refractivity contribution is -0.123. The van der Waals surface area contributed by atoms with E-state index in [-0.39, 0.29) is 5.91 Å². The highest BCUT2D eigenvalue weighted by Crippen LogP contribution is 2.13. The van der Waals surface area contributed by atoms with Crippen LogP contribution in [0.2, 0.25) is 0 Å². The van der Waals surface area contributed by atoms with Crippen molar-refractivity contribution in [2.24, 2.45) is 0 Å². The van der Waals surface area contributed by atoms with Crippen LogP contribution < -0.4 is 5.32 Å². The van der Waals surface area contributed by atoms with Crippen molar-refractivity contribution in [1.29, 1.82) is 0 Å². The number of likely N-dealkylation sites (tertiary alicyclic amines) is 1. The first-order valence-corrected chi connectivity index (χ1v) is 6.95. The van der Waals surface area contributed by atoms with E-state index in [0.29, 0.717) is 6.54 Å². The second-order valence-electron chi connectivity index (χ2n) is 5.09. The molecule has 1 saturated heterocycles. The van der Waals surface area contributed by atoms with E-state index in [9.17, 15) is 4.79 Å². The number of nitrogens with one attached hydrogen (secondary N) is 1. The van der Waals surface area contributed by atoms with Gasteiger partial charge in [0.2, 0.25) is 5.91 Å². The summed E-state index contributed by atoms with van der Waals surface area (Å²) in [7, 11) is 0. The van der Waals surface area contributed by atoms with Crippen molar-refractivity contribution >= 4 is 5.91 Å². The molecule has 104 valence electrons. The van der Waals surface area contributed by atoms with E-state index in [0.717, 1.165) is 12.1 Å². The Hall–Kier alpha value is -1.39. The van der Waals surface area contributed by atoms with Crippen LogP contribution in [0.15, 0.2) is 24.3 Å². The van der Waals surface area contributed by atoms with Crippen LogP contribution in [0.3, 0.4) is 0 Å². The molecule has 0 atom stereocenters. The second-order valence-corrected chi connectivity index (χ2v) is 5.09. The first kappa shape index (κ1) is 14.0. The molecule has 1 heterocycles. The third-order valence-electron chi connectivity index (χ3n) is 3.51. The third-order valence-corrected chi connectivity index (χ3v) is 3.51. The maximum Gasteiger partial charge on any atom is 0.245 e. The van der Waals surface area contributed by atoms with Gasteiger partial charge in [0.25, 0.3) is 0 Å². The molecule has 1 aromatic rings. The molecule has 0 unspecified atom stereocenters. The predicted octanol–water partition coefficient (Wildman–Crippen LogP) is 1.28. The average molecular weight is 262 g/mol. The summed E-state index contributed by atoms with van der Waals surface area (Å²) in [6.45, 7) is 3.45. The summed E-state index contributed by atoms with van der Waals surface area (Å²) in [6, 6.07) is 8.32. The fourth-order valence-electron chi connectivity index (χ4n) is 2.39. The Morgan fingerprint density at radius 1 is 1.11 bits per heavy atom. The zero-order valence-electron chi connectivity index (χ0n) is 11.3. The van der Waals surface area contributed by atoms with E-state index in [1.807, 2.05) is 12.1 Å². The molecule has 2 N–H and O–H groups in total. The smallest absolute Gasteiger partial charge is 0.245 e. The summed E-state index contributed by atoms with van der Waals surface area (Å²) in [4.78, 5) is 13.4. The number of carbonyl (C=O) groups excluding carboxylic acids is 1. The van der Waals surface area contributed by atoms with Gasteiger partial charge in [-0.3, -0.25) is 9.69 Å². The fraction of sp³-hybridized carbons (Fsp3) is 0.533. The Kier molecular flexibility index (Phi) is 5.36. The van der Waals surface area contributed by atoms with Gasteiger partial charge in [-0.05, 0) is 37.1 Å². The number of hydrogen-bond acceptors (Lipinski definition) is 3. The summed E-state index contributed by atoms with van der Waals surface area (Å²) in [5, 5.41) is 11.3. The van der Waals surface area contributed by atoms with Gasteiger partial charge in [-0.25, -0.2) is 0 Å². The molecule has 0 radical (unpaired) electrons. The van der Waals surface area contributed by atoms with E-state index < -0.39 is 6.61 Å². The lowest BCUT2D eigenvalue weighted by atomic mass is 10.1. The Labute approximate surface area is 114 Å². The molecule has 0 aliphatic carbocycles. The van der Waals surface area contributed by atoms with E-state index in [1.54, 1.807) is 0 Å². The molecule has 0 bridgehead atoms. The van der Waals surface area contributed by atoms with Crippen LogP contribution in [0.4, 0.5) is 0 Å². The van der Waals surface area contributed by atoms with E-state index >= 15 is 0 Å². The Morgan fingerprint density at radius 3 is 2.37 bits per heavy atom. The van der Waals surface area contributed by atoms with Gasteiger partial charge < -0.3 is 10.4 Å². The maximum absolute atomic E-state index is 10.9. The lowest BCUT2D eigenvalue weighted by Crippen LogP contribution is -2.29. The summed E-state index contributed by atoms with van der Waals surface area (Å²) in [5.41, 5.74) is 2.38. The molecular formula is C15H22N2O2. The lowest BCUT2D eigenvalue weighted by Gasteiger charge is -2.26. The summed E-state index contributed by atoms with van der Waals surface area (Å²) < 4.78 is 0. The molecule has 0 aromatic heterocycles. The average Bonchev–Trinajstić information content (AvgIpc) is 2.47. The Balaban J connectivity index is 1.82. The summed E-state index contributed by atoms with van der Waals surface area (Å²) in [5.74, 6) is -0.336. The zero-order valence-corrected chi connectivity index (χ0v) is 11.3. The van der Waals surface area contributed by atoms with Crippen LogP contribution >= 0.6 is 0 Å². The number of hydrogen-bond donors (Lipinski definition) is 2. The highest BCUT2D eigenvalue weighted by molar-refractivity contribution is 5.76. The number of benzene rings is 1. The predicted molar refractivity (Wildman–Crippen MR) is 74.5 cm³/mol. The molecule has 2 rings (SSSR count). The number of carbonyl (C=O) groups is 1. The minimum atomic E-state index is -0.451. The van der Waals surface area contributed by atoms with Crippen molar-refractivity contribution in [1.82, 2.24) is 10.2 Å². The van der Waals surface area contributed by atoms with Gasteiger partial charge in [0.15, 0.2) is 0 Å². The molecule has 1 aromatic carbocycles. The van der Waals surface area contributed by atoms with Crippen LogP contribution in [0.5, 0.6) is 0 Å². The van der Waals surface area contributed by atoms with Crippen LogP contribution in [-0.2, 0) is 17.9 Å². The van der Waals surface area contributed by atoms with Gasteiger partial charge in [0.05, 0.1) is 0 Å². The standard InChI is InChI=1S/C15H22N2O2/c18-12-15(19)16-10-13-4-6-14(7-5-13)11-17-8-2-1-3-9-17/h4-7,18H,1-3,8-12H2,(H,16,19). The molecule has 4 nitrogen and oxygen atoms in total. The quantitative estimate of drug-likeness (QED) is 0.840. The monoisotopic (exact) mass is 262 g/mol. The van der Waals surface area contributed by atoms with Crippen LogP contribution in [0.1, 0.15) is 30.4 Å². The van der Waals surface area contributed by atoms with Crippen LogP contribution in [-0.4, -0.2) is 35.6 Å². The Morgan fingerprint density at radius 2 is 1.74 bits per heavy atom. The number of aliphatic hydroxyl groups excluding tert-OH is 1. The van der Waals surface area contributed by atoms with Crippen molar-refractivity contribution in [2.45, 2.75) is 32.4 Å². The van der Waals surface area contributed by atoms with Crippen molar-refractivity contribution in [3.8, 4) is 0 Å².